The van der Waals surface area contributed by atoms with Gasteiger partial charge in [-0.1, -0.05) is 6.42 Å². The first-order valence-electron chi connectivity index (χ1n) is 6.97. The fraction of sp³-hybridized carbons (Fsp3) is 0.846. The van der Waals surface area contributed by atoms with Gasteiger partial charge in [0, 0.05) is 25.7 Å². The van der Waals surface area contributed by atoms with Crippen LogP contribution in [0.4, 0.5) is 4.79 Å². The van der Waals surface area contributed by atoms with Gasteiger partial charge in [0.05, 0.1) is 5.92 Å². The van der Waals surface area contributed by atoms with E-state index in [0.717, 1.165) is 12.8 Å². The van der Waals surface area contributed by atoms with Crippen LogP contribution in [0.5, 0.6) is 0 Å². The summed E-state index contributed by atoms with van der Waals surface area (Å²) in [6.07, 6.45) is 3.45. The molecule has 2 amide bonds. The second-order valence-corrected chi connectivity index (χ2v) is 5.01. The van der Waals surface area contributed by atoms with E-state index in [1.54, 1.807) is 4.90 Å². The van der Waals surface area contributed by atoms with Crippen molar-refractivity contribution in [3.63, 3.8) is 0 Å². The molecule has 1 saturated carbocycles. The van der Waals surface area contributed by atoms with Crippen LogP contribution in [0.1, 0.15) is 39.0 Å². The Morgan fingerprint density at radius 1 is 1.37 bits per heavy atom. The van der Waals surface area contributed by atoms with Gasteiger partial charge in [-0.2, -0.15) is 0 Å². The van der Waals surface area contributed by atoms with Crippen molar-refractivity contribution < 1.29 is 19.8 Å². The van der Waals surface area contributed by atoms with Gasteiger partial charge in [0.25, 0.3) is 0 Å². The fourth-order valence-corrected chi connectivity index (χ4v) is 2.48. The van der Waals surface area contributed by atoms with Gasteiger partial charge < -0.3 is 20.4 Å². The summed E-state index contributed by atoms with van der Waals surface area (Å²) in [5.41, 5.74) is 0. The molecule has 0 aromatic carbocycles. The molecule has 3 N–H and O–H groups in total. The molecule has 19 heavy (non-hydrogen) atoms. The molecule has 0 aromatic rings. The molecule has 2 atom stereocenters. The van der Waals surface area contributed by atoms with Gasteiger partial charge in [0.15, 0.2) is 0 Å². The first-order valence-corrected chi connectivity index (χ1v) is 6.97. The summed E-state index contributed by atoms with van der Waals surface area (Å²) in [6, 6.07) is -0.211. The van der Waals surface area contributed by atoms with Crippen molar-refractivity contribution in [3.8, 4) is 0 Å². The van der Waals surface area contributed by atoms with E-state index in [9.17, 15) is 9.59 Å². The van der Waals surface area contributed by atoms with Crippen molar-refractivity contribution in [1.82, 2.24) is 10.2 Å². The van der Waals surface area contributed by atoms with Gasteiger partial charge in [0.1, 0.15) is 0 Å². The average molecular weight is 272 g/mol. The van der Waals surface area contributed by atoms with E-state index in [-0.39, 0.29) is 24.6 Å². The van der Waals surface area contributed by atoms with Crippen molar-refractivity contribution in [2.24, 2.45) is 5.92 Å². The number of carboxylic acid groups (broad SMARTS) is 1. The number of carbonyl (C=O) groups excluding carboxylic acids is 1. The van der Waals surface area contributed by atoms with Crippen LogP contribution in [-0.2, 0) is 4.79 Å². The quantitative estimate of drug-likeness (QED) is 0.674. The number of nitrogens with one attached hydrogen (secondary N) is 1. The van der Waals surface area contributed by atoms with Gasteiger partial charge in [-0.15, -0.1) is 0 Å². The average Bonchev–Trinajstić information content (AvgIpc) is 2.40. The summed E-state index contributed by atoms with van der Waals surface area (Å²) in [5.74, 6) is -1.11. The lowest BCUT2D eigenvalue weighted by Gasteiger charge is -2.30. The lowest BCUT2D eigenvalue weighted by molar-refractivity contribution is -0.143. The van der Waals surface area contributed by atoms with Crippen LogP contribution in [0.3, 0.4) is 0 Å². The molecule has 2 unspecified atom stereocenters. The van der Waals surface area contributed by atoms with Crippen LogP contribution in [-0.4, -0.2) is 52.9 Å². The molecular weight excluding hydrogens is 248 g/mol. The third kappa shape index (κ3) is 5.06. The molecule has 110 valence electrons. The minimum atomic E-state index is -0.772. The molecule has 0 bridgehead atoms. The third-order valence-corrected chi connectivity index (χ3v) is 3.61. The Hall–Kier alpha value is -1.30. The lowest BCUT2D eigenvalue weighted by atomic mass is 9.86. The van der Waals surface area contributed by atoms with Crippen LogP contribution in [0.2, 0.25) is 0 Å². The van der Waals surface area contributed by atoms with Gasteiger partial charge in [-0.3, -0.25) is 4.79 Å². The number of amides is 2. The molecule has 1 rings (SSSR count). The zero-order chi connectivity index (χ0) is 14.3. The van der Waals surface area contributed by atoms with Crippen molar-refractivity contribution in [2.45, 2.75) is 45.1 Å². The first kappa shape index (κ1) is 15.8. The van der Waals surface area contributed by atoms with Crippen molar-refractivity contribution in [3.05, 3.63) is 0 Å². The first-order chi connectivity index (χ1) is 9.08. The second-order valence-electron chi connectivity index (χ2n) is 5.01. The molecule has 1 aliphatic carbocycles. The van der Waals surface area contributed by atoms with E-state index in [1.165, 1.54) is 0 Å². The lowest BCUT2D eigenvalue weighted by Crippen LogP contribution is -2.47. The molecule has 0 spiro atoms. The minimum absolute atomic E-state index is 0.0504. The second kappa shape index (κ2) is 7.99. The van der Waals surface area contributed by atoms with Crippen molar-refractivity contribution in [1.29, 1.82) is 0 Å². The molecule has 0 aliphatic heterocycles. The van der Waals surface area contributed by atoms with E-state index >= 15 is 0 Å². The standard InChI is InChI=1S/C13H24N2O4/c1-2-15(7-4-8-16)13(19)14-11-6-3-5-10(9-11)12(17)18/h10-11,16H,2-9H2,1H3,(H,14,19)(H,17,18). The molecule has 1 aliphatic rings. The monoisotopic (exact) mass is 272 g/mol. The van der Waals surface area contributed by atoms with Crippen LogP contribution in [0.15, 0.2) is 0 Å². The number of nitrogens with zero attached hydrogens (tertiary/aromatic N) is 1. The molecule has 0 heterocycles. The van der Waals surface area contributed by atoms with Crippen LogP contribution in [0, 0.1) is 5.92 Å². The minimum Gasteiger partial charge on any atom is -0.481 e. The predicted molar refractivity (Wildman–Crippen MR) is 70.9 cm³/mol. The Morgan fingerprint density at radius 2 is 2.11 bits per heavy atom. The summed E-state index contributed by atoms with van der Waals surface area (Å²) in [7, 11) is 0. The molecule has 0 aromatic heterocycles. The van der Waals surface area contributed by atoms with Gasteiger partial charge >= 0.3 is 12.0 Å². The van der Waals surface area contributed by atoms with E-state index in [4.69, 9.17) is 10.2 Å². The third-order valence-electron chi connectivity index (χ3n) is 3.61. The Bertz CT molecular complexity index is 309. The maximum absolute atomic E-state index is 12.0. The number of aliphatic hydroxyl groups is 1. The van der Waals surface area contributed by atoms with Crippen LogP contribution < -0.4 is 5.32 Å². The van der Waals surface area contributed by atoms with Crippen molar-refractivity contribution in [2.75, 3.05) is 19.7 Å². The summed E-state index contributed by atoms with van der Waals surface area (Å²) < 4.78 is 0. The van der Waals surface area contributed by atoms with E-state index in [1.807, 2.05) is 6.92 Å². The summed E-state index contributed by atoms with van der Waals surface area (Å²) >= 11 is 0. The van der Waals surface area contributed by atoms with E-state index in [0.29, 0.717) is 32.4 Å². The number of aliphatic carboxylic acids is 1. The number of carboxylic acids is 1. The Balaban J connectivity index is 2.43. The Kier molecular flexibility index (Phi) is 6.62. The number of rotatable bonds is 6. The molecule has 6 nitrogen and oxygen atoms in total. The van der Waals surface area contributed by atoms with Gasteiger partial charge in [-0.25, -0.2) is 4.79 Å². The summed E-state index contributed by atoms with van der Waals surface area (Å²) in [6.45, 7) is 3.06. The molecular formula is C13H24N2O4. The number of aliphatic hydroxyl groups excluding tert-OH is 1. The van der Waals surface area contributed by atoms with Crippen LogP contribution >= 0.6 is 0 Å². The largest absolute Gasteiger partial charge is 0.481 e. The number of hydrogen-bond acceptors (Lipinski definition) is 3. The topological polar surface area (TPSA) is 89.9 Å². The highest BCUT2D eigenvalue weighted by atomic mass is 16.4. The highest BCUT2D eigenvalue weighted by molar-refractivity contribution is 5.75. The SMILES string of the molecule is CCN(CCCO)C(=O)NC1CCCC(C(=O)O)C1. The number of urea groups is 1. The maximum Gasteiger partial charge on any atom is 0.317 e. The normalized spacial score (nSPS) is 22.8. The number of carbonyl (C=O) groups is 2. The van der Waals surface area contributed by atoms with Gasteiger partial charge in [0.2, 0.25) is 0 Å². The molecule has 0 radical (unpaired) electrons. The highest BCUT2D eigenvalue weighted by Gasteiger charge is 2.28. The highest BCUT2D eigenvalue weighted by Crippen LogP contribution is 2.24. The van der Waals surface area contributed by atoms with Crippen LogP contribution in [0.25, 0.3) is 0 Å². The maximum atomic E-state index is 12.0. The van der Waals surface area contributed by atoms with Crippen molar-refractivity contribution >= 4 is 12.0 Å². The number of hydrogen-bond donors (Lipinski definition) is 3. The van der Waals surface area contributed by atoms with E-state index < -0.39 is 5.97 Å². The predicted octanol–water partition coefficient (Wildman–Crippen LogP) is 1.04. The zero-order valence-electron chi connectivity index (χ0n) is 11.5. The Morgan fingerprint density at radius 3 is 2.68 bits per heavy atom. The molecule has 1 fully saturated rings. The molecule has 0 saturated heterocycles. The smallest absolute Gasteiger partial charge is 0.317 e. The Labute approximate surface area is 113 Å². The summed E-state index contributed by atoms with van der Waals surface area (Å²) in [5, 5.41) is 20.7. The van der Waals surface area contributed by atoms with E-state index in [2.05, 4.69) is 5.32 Å². The fourth-order valence-electron chi connectivity index (χ4n) is 2.48. The molecule has 6 heteroatoms. The van der Waals surface area contributed by atoms with Gasteiger partial charge in [-0.05, 0) is 32.6 Å². The zero-order valence-corrected chi connectivity index (χ0v) is 11.5. The summed E-state index contributed by atoms with van der Waals surface area (Å²) in [4.78, 5) is 24.6.